The molecule has 2 saturated heterocycles. The lowest BCUT2D eigenvalue weighted by molar-refractivity contribution is -0.125. The van der Waals surface area contributed by atoms with E-state index in [1.165, 1.54) is 17.0 Å². The molecule has 3 fully saturated rings. The lowest BCUT2D eigenvalue weighted by Crippen LogP contribution is -2.60. The van der Waals surface area contributed by atoms with Gasteiger partial charge in [-0.1, -0.05) is 45.8 Å². The summed E-state index contributed by atoms with van der Waals surface area (Å²) in [7, 11) is 0. The predicted octanol–water partition coefficient (Wildman–Crippen LogP) is 6.37. The van der Waals surface area contributed by atoms with E-state index in [0.717, 1.165) is 21.5 Å². The first-order chi connectivity index (χ1) is 20.9. The molecule has 0 bridgehead atoms. The van der Waals surface area contributed by atoms with Gasteiger partial charge in [-0.05, 0) is 79.8 Å². The zero-order valence-electron chi connectivity index (χ0n) is 23.1. The van der Waals surface area contributed by atoms with E-state index in [1.807, 2.05) is 6.08 Å². The maximum absolute atomic E-state index is 14.4. The first-order valence-electron chi connectivity index (χ1n) is 14.0. The van der Waals surface area contributed by atoms with Crippen LogP contribution < -0.4 is 9.80 Å². The Morgan fingerprint density at radius 2 is 1.50 bits per heavy atom. The molecule has 6 unspecified atom stereocenters. The van der Waals surface area contributed by atoms with Crippen LogP contribution in [0, 0.1) is 30.5 Å². The molecule has 4 amide bonds. The Kier molecular flexibility index (Phi) is 6.63. The molecule has 3 aromatic carbocycles. The highest BCUT2D eigenvalue weighted by atomic mass is 79.9. The fourth-order valence-corrected chi connectivity index (χ4v) is 8.69. The van der Waals surface area contributed by atoms with E-state index in [0.29, 0.717) is 16.8 Å². The number of rotatable bonds is 3. The number of hydrogen-bond donors (Lipinski definition) is 1. The zero-order chi connectivity index (χ0) is 31.3. The number of benzene rings is 3. The summed E-state index contributed by atoms with van der Waals surface area (Å²) < 4.78 is 14.6. The van der Waals surface area contributed by atoms with Crippen molar-refractivity contribution in [3.8, 4) is 5.75 Å². The molecule has 4 aliphatic rings. The molecular weight excluding hydrogens is 674 g/mol. The van der Waals surface area contributed by atoms with Crippen LogP contribution in [0.25, 0.3) is 0 Å². The van der Waals surface area contributed by atoms with Crippen LogP contribution in [0.1, 0.15) is 29.9 Å². The van der Waals surface area contributed by atoms with E-state index >= 15 is 0 Å². The number of anilines is 2. The number of fused-ring (bicyclic) bond motifs is 4. The molecule has 1 N–H and O–H groups in total. The highest BCUT2D eigenvalue weighted by Gasteiger charge is 2.77. The van der Waals surface area contributed by atoms with Gasteiger partial charge in [0.15, 0.2) is 9.75 Å². The summed E-state index contributed by atoms with van der Waals surface area (Å²) in [6.45, 7) is 1.70. The third kappa shape index (κ3) is 3.78. The minimum atomic E-state index is -2.11. The number of carbonyl (C=O) groups is 4. The summed E-state index contributed by atoms with van der Waals surface area (Å²) in [6.07, 6.45) is 1.81. The number of alkyl halides is 2. The number of nitrogens with zero attached hydrogens (tertiary/aromatic N) is 2. The number of phenols is 1. The largest absolute Gasteiger partial charge is 0.507 e. The Morgan fingerprint density at radius 1 is 0.864 bits per heavy atom. The number of carbonyl (C=O) groups excluding carboxylic acids is 4. The third-order valence-electron chi connectivity index (χ3n) is 9.56. The normalized spacial score (nSPS) is 31.2. The fourth-order valence-electron chi connectivity index (χ4n) is 7.50. The van der Waals surface area contributed by atoms with Crippen molar-refractivity contribution in [2.24, 2.45) is 17.8 Å². The maximum atomic E-state index is 14.4. The topological polar surface area (TPSA) is 95.0 Å². The minimum absolute atomic E-state index is 0.0893. The lowest BCUT2D eigenvalue weighted by atomic mass is 9.56. The number of para-hydroxylation sites is 1. The molecule has 0 aromatic heterocycles. The SMILES string of the molecule is Cc1cccc(C2C3=CCC4C(=O)N(c5ccc(Br)cc5)C(=O)C4C3CC3(Cl)C(=O)N(c4ccc(F)cc4)C(=O)C23Cl)c1O. The van der Waals surface area contributed by atoms with Gasteiger partial charge < -0.3 is 5.11 Å². The van der Waals surface area contributed by atoms with Crippen LogP contribution in [0.4, 0.5) is 15.8 Å². The van der Waals surface area contributed by atoms with Gasteiger partial charge in [-0.2, -0.15) is 0 Å². The van der Waals surface area contributed by atoms with Crippen molar-refractivity contribution in [1.82, 2.24) is 0 Å². The van der Waals surface area contributed by atoms with Gasteiger partial charge in [-0.3, -0.25) is 24.1 Å². The molecule has 3 aromatic rings. The second-order valence-corrected chi connectivity index (χ2v) is 13.9. The van der Waals surface area contributed by atoms with Crippen LogP contribution in [-0.4, -0.2) is 38.5 Å². The first-order valence-corrected chi connectivity index (χ1v) is 15.6. The summed E-state index contributed by atoms with van der Waals surface area (Å²) in [4.78, 5) is 54.4. The fraction of sp³-hybridized carbons (Fsp3) is 0.273. The summed E-state index contributed by atoms with van der Waals surface area (Å²) in [5.41, 5.74) is 1.87. The Hall–Kier alpha value is -3.53. The molecule has 6 atom stereocenters. The molecule has 2 aliphatic carbocycles. The van der Waals surface area contributed by atoms with Gasteiger partial charge in [-0.15, -0.1) is 23.2 Å². The molecule has 2 aliphatic heterocycles. The van der Waals surface area contributed by atoms with Crippen LogP contribution in [0.3, 0.4) is 0 Å². The van der Waals surface area contributed by atoms with Gasteiger partial charge in [-0.25, -0.2) is 9.29 Å². The average molecular weight is 698 g/mol. The Balaban J connectivity index is 1.41. The van der Waals surface area contributed by atoms with Crippen molar-refractivity contribution in [2.45, 2.75) is 35.4 Å². The summed E-state index contributed by atoms with van der Waals surface area (Å²) in [6, 6.07) is 16.7. The molecule has 1 saturated carbocycles. The standard InChI is InChI=1S/C33H24BrCl2FN2O5/c1-16-3-2-4-23(27(16)40)26-21-13-14-22-25(29(42)38(28(22)41)19-9-5-17(34)6-10-19)24(21)15-32(35)30(43)39(31(44)33(26,32)36)20-11-7-18(37)8-12-20/h2-13,22,24-26,40H,14-15H2,1H3. The summed E-state index contributed by atoms with van der Waals surface area (Å²) in [5, 5.41) is 11.3. The Morgan fingerprint density at radius 3 is 2.18 bits per heavy atom. The number of phenolic OH excluding ortho intramolecular Hbond substituents is 1. The number of aromatic hydroxyl groups is 1. The van der Waals surface area contributed by atoms with Crippen molar-refractivity contribution in [3.63, 3.8) is 0 Å². The highest BCUT2D eigenvalue weighted by Crippen LogP contribution is 2.66. The quantitative estimate of drug-likeness (QED) is 0.195. The Labute approximate surface area is 270 Å². The molecule has 0 radical (unpaired) electrons. The lowest BCUT2D eigenvalue weighted by Gasteiger charge is -2.50. The van der Waals surface area contributed by atoms with Gasteiger partial charge in [0, 0.05) is 16.0 Å². The van der Waals surface area contributed by atoms with E-state index in [-0.39, 0.29) is 35.7 Å². The molecule has 44 heavy (non-hydrogen) atoms. The molecular formula is C33H24BrCl2FN2O5. The van der Waals surface area contributed by atoms with Crippen molar-refractivity contribution in [3.05, 3.63) is 99.8 Å². The number of amides is 4. The number of aryl methyl sites for hydroxylation is 1. The van der Waals surface area contributed by atoms with Crippen LogP contribution >= 0.6 is 39.1 Å². The average Bonchev–Trinajstić information content (AvgIpc) is 3.34. The van der Waals surface area contributed by atoms with Gasteiger partial charge in [0.1, 0.15) is 11.6 Å². The van der Waals surface area contributed by atoms with Crippen LogP contribution in [0.15, 0.2) is 82.9 Å². The first kappa shape index (κ1) is 29.2. The van der Waals surface area contributed by atoms with Gasteiger partial charge in [0.25, 0.3) is 11.8 Å². The molecule has 11 heteroatoms. The zero-order valence-corrected chi connectivity index (χ0v) is 26.2. The number of hydrogen-bond acceptors (Lipinski definition) is 5. The van der Waals surface area contributed by atoms with Gasteiger partial charge >= 0.3 is 0 Å². The highest BCUT2D eigenvalue weighted by molar-refractivity contribution is 9.10. The van der Waals surface area contributed by atoms with E-state index in [4.69, 9.17) is 23.2 Å². The van der Waals surface area contributed by atoms with E-state index in [9.17, 15) is 28.7 Å². The molecule has 7 nitrogen and oxygen atoms in total. The second-order valence-electron chi connectivity index (χ2n) is 11.8. The monoisotopic (exact) mass is 696 g/mol. The van der Waals surface area contributed by atoms with E-state index in [1.54, 1.807) is 49.4 Å². The van der Waals surface area contributed by atoms with Crippen LogP contribution in [-0.2, 0) is 19.2 Å². The van der Waals surface area contributed by atoms with Crippen molar-refractivity contribution in [2.75, 3.05) is 9.80 Å². The van der Waals surface area contributed by atoms with Gasteiger partial charge in [0.2, 0.25) is 11.8 Å². The minimum Gasteiger partial charge on any atom is -0.507 e. The van der Waals surface area contributed by atoms with Crippen molar-refractivity contribution >= 4 is 74.1 Å². The second kappa shape index (κ2) is 9.99. The molecule has 224 valence electrons. The number of halogens is 4. The Bertz CT molecular complexity index is 1820. The van der Waals surface area contributed by atoms with Crippen molar-refractivity contribution in [1.29, 1.82) is 0 Å². The summed E-state index contributed by atoms with van der Waals surface area (Å²) >= 11 is 18.1. The third-order valence-corrected chi connectivity index (χ3v) is 11.5. The molecule has 7 rings (SSSR count). The van der Waals surface area contributed by atoms with E-state index < -0.39 is 57.0 Å². The molecule has 2 heterocycles. The van der Waals surface area contributed by atoms with Crippen LogP contribution in [0.5, 0.6) is 5.75 Å². The predicted molar refractivity (Wildman–Crippen MR) is 166 cm³/mol. The van der Waals surface area contributed by atoms with Crippen molar-refractivity contribution < 1.29 is 28.7 Å². The molecule has 0 spiro atoms. The number of allylic oxidation sites excluding steroid dienone is 2. The van der Waals surface area contributed by atoms with Crippen LogP contribution in [0.2, 0.25) is 0 Å². The summed E-state index contributed by atoms with van der Waals surface area (Å²) in [5.74, 6) is -6.55. The van der Waals surface area contributed by atoms with Gasteiger partial charge in [0.05, 0.1) is 23.2 Å². The maximum Gasteiger partial charge on any atom is 0.258 e. The smallest absolute Gasteiger partial charge is 0.258 e. The van der Waals surface area contributed by atoms with E-state index in [2.05, 4.69) is 15.9 Å². The number of imide groups is 2.